The van der Waals surface area contributed by atoms with Gasteiger partial charge in [0.15, 0.2) is 0 Å². The van der Waals surface area contributed by atoms with Crippen molar-refractivity contribution >= 4 is 5.65 Å². The van der Waals surface area contributed by atoms with E-state index in [0.717, 1.165) is 24.5 Å². The monoisotopic (exact) mass is 245 g/mol. The Kier molecular flexibility index (Phi) is 2.96. The highest BCUT2D eigenvalue weighted by molar-refractivity contribution is 5.46. The second kappa shape index (κ2) is 4.61. The van der Waals surface area contributed by atoms with Gasteiger partial charge in [0.1, 0.15) is 11.4 Å². The number of ether oxygens (including phenoxy) is 1. The number of likely N-dealkylation sites (N-methyl/N-ethyl adjacent to an activating group) is 1. The summed E-state index contributed by atoms with van der Waals surface area (Å²) in [4.78, 5) is 7.21. The highest BCUT2D eigenvalue weighted by Crippen LogP contribution is 2.27. The highest BCUT2D eigenvalue weighted by atomic mass is 16.5. The van der Waals surface area contributed by atoms with Gasteiger partial charge >= 0.3 is 0 Å². The van der Waals surface area contributed by atoms with Crippen LogP contribution >= 0.6 is 0 Å². The zero-order valence-electron chi connectivity index (χ0n) is 11.0. The van der Waals surface area contributed by atoms with Crippen molar-refractivity contribution in [2.45, 2.75) is 19.3 Å². The summed E-state index contributed by atoms with van der Waals surface area (Å²) in [6.07, 6.45) is 5.38. The van der Waals surface area contributed by atoms with Gasteiger partial charge in [-0.15, -0.1) is 0 Å². The molecule has 3 heterocycles. The minimum atomic E-state index is 0.579. The van der Waals surface area contributed by atoms with Crippen LogP contribution in [0.2, 0.25) is 0 Å². The van der Waals surface area contributed by atoms with Gasteiger partial charge in [0.25, 0.3) is 0 Å². The first-order valence-corrected chi connectivity index (χ1v) is 6.55. The molecule has 0 N–H and O–H groups in total. The number of rotatable bonds is 3. The van der Waals surface area contributed by atoms with E-state index in [-0.39, 0.29) is 0 Å². The van der Waals surface area contributed by atoms with Crippen LogP contribution in [-0.4, -0.2) is 41.0 Å². The Hall–Kier alpha value is -1.55. The minimum absolute atomic E-state index is 0.579. The Labute approximate surface area is 107 Å². The molecule has 0 amide bonds. The Balaban J connectivity index is 1.89. The molecule has 1 fully saturated rings. The average molecular weight is 245 g/mol. The zero-order chi connectivity index (χ0) is 12.5. The first kappa shape index (κ1) is 11.5. The molecule has 18 heavy (non-hydrogen) atoms. The van der Waals surface area contributed by atoms with E-state index < -0.39 is 0 Å². The molecule has 96 valence electrons. The number of likely N-dealkylation sites (tertiary alicyclic amines) is 1. The van der Waals surface area contributed by atoms with Gasteiger partial charge in [0, 0.05) is 30.9 Å². The molecule has 1 saturated heterocycles. The van der Waals surface area contributed by atoms with Crippen LogP contribution in [0.25, 0.3) is 5.65 Å². The van der Waals surface area contributed by atoms with Gasteiger partial charge < -0.3 is 14.0 Å². The number of nitrogens with zero attached hydrogens (tertiary/aromatic N) is 3. The summed E-state index contributed by atoms with van der Waals surface area (Å²) in [7, 11) is 1.69. The standard InChI is InChI=1S/C14H19N3O/c1-3-16-6-4-11(9-16)13-10-17-7-5-12(18-2)8-14(17)15-13/h5,7-8,10-11H,3-4,6,9H2,1-2H3. The summed E-state index contributed by atoms with van der Waals surface area (Å²) in [5.41, 5.74) is 2.18. The molecule has 2 aromatic rings. The lowest BCUT2D eigenvalue weighted by Gasteiger charge is -2.11. The van der Waals surface area contributed by atoms with Gasteiger partial charge in [-0.2, -0.15) is 0 Å². The Morgan fingerprint density at radius 3 is 3.11 bits per heavy atom. The van der Waals surface area contributed by atoms with Crippen molar-refractivity contribution in [2.24, 2.45) is 0 Å². The Morgan fingerprint density at radius 1 is 1.50 bits per heavy atom. The second-order valence-corrected chi connectivity index (χ2v) is 4.88. The van der Waals surface area contributed by atoms with Gasteiger partial charge in [0.2, 0.25) is 0 Å². The smallest absolute Gasteiger partial charge is 0.140 e. The van der Waals surface area contributed by atoms with Crippen LogP contribution in [-0.2, 0) is 0 Å². The van der Waals surface area contributed by atoms with Crippen LogP contribution in [0.3, 0.4) is 0 Å². The van der Waals surface area contributed by atoms with Crippen molar-refractivity contribution in [3.8, 4) is 5.75 Å². The van der Waals surface area contributed by atoms with Gasteiger partial charge in [-0.3, -0.25) is 0 Å². The van der Waals surface area contributed by atoms with Crippen molar-refractivity contribution in [3.63, 3.8) is 0 Å². The van der Waals surface area contributed by atoms with E-state index in [2.05, 4.69) is 22.4 Å². The molecule has 1 aliphatic rings. The fourth-order valence-corrected chi connectivity index (χ4v) is 2.67. The van der Waals surface area contributed by atoms with Crippen LogP contribution in [0.15, 0.2) is 24.5 Å². The zero-order valence-corrected chi connectivity index (χ0v) is 11.0. The lowest BCUT2D eigenvalue weighted by atomic mass is 10.1. The van der Waals surface area contributed by atoms with Crippen molar-refractivity contribution < 1.29 is 4.74 Å². The lowest BCUT2D eigenvalue weighted by molar-refractivity contribution is 0.353. The molecule has 1 atom stereocenters. The summed E-state index contributed by atoms with van der Waals surface area (Å²) < 4.78 is 7.31. The van der Waals surface area contributed by atoms with Gasteiger partial charge in [-0.1, -0.05) is 6.92 Å². The van der Waals surface area contributed by atoms with Crippen molar-refractivity contribution in [2.75, 3.05) is 26.7 Å². The summed E-state index contributed by atoms with van der Waals surface area (Å²) in [5.74, 6) is 1.44. The number of hydrogen-bond donors (Lipinski definition) is 0. The van der Waals surface area contributed by atoms with E-state index >= 15 is 0 Å². The molecule has 1 aliphatic heterocycles. The van der Waals surface area contributed by atoms with E-state index in [1.807, 2.05) is 18.3 Å². The van der Waals surface area contributed by atoms with E-state index in [9.17, 15) is 0 Å². The van der Waals surface area contributed by atoms with Crippen molar-refractivity contribution in [3.05, 3.63) is 30.2 Å². The molecule has 4 nitrogen and oxygen atoms in total. The fourth-order valence-electron chi connectivity index (χ4n) is 2.67. The topological polar surface area (TPSA) is 29.8 Å². The van der Waals surface area contributed by atoms with Crippen LogP contribution in [0.5, 0.6) is 5.75 Å². The SMILES string of the molecule is CCN1CCC(c2cn3ccc(OC)cc3n2)C1. The molecule has 0 radical (unpaired) electrons. The molecular weight excluding hydrogens is 226 g/mol. The first-order valence-electron chi connectivity index (χ1n) is 6.55. The van der Waals surface area contributed by atoms with Crippen molar-refractivity contribution in [1.29, 1.82) is 0 Å². The maximum atomic E-state index is 5.23. The van der Waals surface area contributed by atoms with Crippen LogP contribution in [0.4, 0.5) is 0 Å². The van der Waals surface area contributed by atoms with Crippen LogP contribution in [0.1, 0.15) is 25.0 Å². The molecule has 1 unspecified atom stereocenters. The molecular formula is C14H19N3O. The molecule has 3 rings (SSSR count). The average Bonchev–Trinajstić information content (AvgIpc) is 3.03. The van der Waals surface area contributed by atoms with Crippen LogP contribution < -0.4 is 4.74 Å². The number of pyridine rings is 1. The minimum Gasteiger partial charge on any atom is -0.497 e. The third-order valence-corrected chi connectivity index (χ3v) is 3.82. The third-order valence-electron chi connectivity index (χ3n) is 3.82. The van der Waals surface area contributed by atoms with E-state index in [0.29, 0.717) is 5.92 Å². The number of fused-ring (bicyclic) bond motifs is 1. The summed E-state index contributed by atoms with van der Waals surface area (Å²) >= 11 is 0. The molecule has 0 spiro atoms. The fraction of sp³-hybridized carbons (Fsp3) is 0.500. The molecule has 4 heteroatoms. The molecule has 2 aromatic heterocycles. The first-order chi connectivity index (χ1) is 8.80. The van der Waals surface area contributed by atoms with Crippen LogP contribution in [0, 0.1) is 0 Å². The molecule has 0 aromatic carbocycles. The largest absolute Gasteiger partial charge is 0.497 e. The van der Waals surface area contributed by atoms with E-state index in [1.165, 1.54) is 18.7 Å². The summed E-state index contributed by atoms with van der Waals surface area (Å²) in [6.45, 7) is 5.69. The molecule has 0 saturated carbocycles. The number of hydrogen-bond acceptors (Lipinski definition) is 3. The normalized spacial score (nSPS) is 20.7. The third kappa shape index (κ3) is 1.97. The predicted molar refractivity (Wildman–Crippen MR) is 71.2 cm³/mol. The van der Waals surface area contributed by atoms with E-state index in [1.54, 1.807) is 7.11 Å². The maximum Gasteiger partial charge on any atom is 0.140 e. The molecule has 0 bridgehead atoms. The quantitative estimate of drug-likeness (QED) is 0.830. The number of imidazole rings is 1. The Bertz CT molecular complexity index is 549. The Morgan fingerprint density at radius 2 is 2.39 bits per heavy atom. The molecule has 0 aliphatic carbocycles. The summed E-state index contributed by atoms with van der Waals surface area (Å²) in [6, 6.07) is 3.95. The summed E-state index contributed by atoms with van der Waals surface area (Å²) in [5, 5.41) is 0. The van der Waals surface area contributed by atoms with Gasteiger partial charge in [-0.25, -0.2) is 4.98 Å². The second-order valence-electron chi connectivity index (χ2n) is 4.88. The van der Waals surface area contributed by atoms with E-state index in [4.69, 9.17) is 9.72 Å². The lowest BCUT2D eigenvalue weighted by Crippen LogP contribution is -2.19. The van der Waals surface area contributed by atoms with Gasteiger partial charge in [0.05, 0.1) is 12.8 Å². The van der Waals surface area contributed by atoms with Crippen molar-refractivity contribution in [1.82, 2.24) is 14.3 Å². The maximum absolute atomic E-state index is 5.23. The van der Waals surface area contributed by atoms with Gasteiger partial charge in [-0.05, 0) is 25.6 Å². The highest BCUT2D eigenvalue weighted by Gasteiger charge is 2.24. The number of methoxy groups -OCH3 is 1. The predicted octanol–water partition coefficient (Wildman–Crippen LogP) is 2.15. The number of aromatic nitrogens is 2.